The van der Waals surface area contributed by atoms with Gasteiger partial charge in [0.2, 0.25) is 0 Å². The lowest BCUT2D eigenvalue weighted by Gasteiger charge is -2.34. The fourth-order valence-electron chi connectivity index (χ4n) is 3.27. The van der Waals surface area contributed by atoms with Crippen molar-refractivity contribution in [2.75, 3.05) is 37.7 Å². The van der Waals surface area contributed by atoms with E-state index in [0.717, 1.165) is 0 Å². The van der Waals surface area contributed by atoms with Gasteiger partial charge < -0.3 is 19.9 Å². The van der Waals surface area contributed by atoms with E-state index >= 15 is 0 Å². The molecule has 1 atom stereocenters. The van der Waals surface area contributed by atoms with Gasteiger partial charge in [-0.1, -0.05) is 0 Å². The fourth-order valence-corrected chi connectivity index (χ4v) is 5.00. The lowest BCUT2D eigenvalue weighted by atomic mass is 10.1. The first-order valence-electron chi connectivity index (χ1n) is 8.55. The minimum absolute atomic E-state index is 0.00441. The van der Waals surface area contributed by atoms with Crippen molar-refractivity contribution in [2.45, 2.75) is 45.2 Å². The largest absolute Gasteiger partial charge is 0.450 e. The zero-order chi connectivity index (χ0) is 17.7. The molecule has 8 nitrogen and oxygen atoms in total. The molecule has 0 aromatic heterocycles. The van der Waals surface area contributed by atoms with Gasteiger partial charge in [-0.25, -0.2) is 18.0 Å². The maximum Gasteiger partial charge on any atom is 0.409 e. The molecule has 0 aromatic carbocycles. The third kappa shape index (κ3) is 4.75. The summed E-state index contributed by atoms with van der Waals surface area (Å²) in [5.41, 5.74) is 0. The molecule has 24 heavy (non-hydrogen) atoms. The number of sulfone groups is 1. The fraction of sp³-hybridized carbons (Fsp3) is 0.867. The molecule has 3 amide bonds. The molecule has 9 heteroatoms. The van der Waals surface area contributed by atoms with E-state index in [4.69, 9.17) is 4.74 Å². The second-order valence-electron chi connectivity index (χ2n) is 6.25. The number of hydrogen-bond donors (Lipinski definition) is 1. The predicted molar refractivity (Wildman–Crippen MR) is 89.6 cm³/mol. The monoisotopic (exact) mass is 361 g/mol. The van der Waals surface area contributed by atoms with Gasteiger partial charge in [-0.05, 0) is 33.1 Å². The van der Waals surface area contributed by atoms with E-state index in [1.54, 1.807) is 16.7 Å². The summed E-state index contributed by atoms with van der Waals surface area (Å²) in [5, 5.41) is 2.98. The Morgan fingerprint density at radius 3 is 2.38 bits per heavy atom. The zero-order valence-corrected chi connectivity index (χ0v) is 15.2. The van der Waals surface area contributed by atoms with Crippen LogP contribution in [0.4, 0.5) is 9.59 Å². The van der Waals surface area contributed by atoms with Gasteiger partial charge in [0.05, 0.1) is 18.1 Å². The van der Waals surface area contributed by atoms with Crippen molar-refractivity contribution >= 4 is 22.0 Å². The Bertz CT molecular complexity index is 557. The summed E-state index contributed by atoms with van der Waals surface area (Å²) in [5.74, 6) is 0.203. The van der Waals surface area contributed by atoms with Gasteiger partial charge in [-0.2, -0.15) is 0 Å². The van der Waals surface area contributed by atoms with Gasteiger partial charge in [-0.3, -0.25) is 0 Å². The third-order valence-electron chi connectivity index (χ3n) is 4.60. The van der Waals surface area contributed by atoms with E-state index in [9.17, 15) is 18.0 Å². The lowest BCUT2D eigenvalue weighted by molar-refractivity contribution is 0.0948. The number of nitrogens with one attached hydrogen (secondary N) is 1. The standard InChI is InChI=1S/C15H27N3O5S/c1-3-18(13-7-10-24(21,22)11-13)14(19)16-12-5-8-17(9-6-12)15(20)23-4-2/h12-13H,3-11H2,1-2H3,(H,16,19). The highest BCUT2D eigenvalue weighted by atomic mass is 32.2. The normalized spacial score (nSPS) is 23.8. The van der Waals surface area contributed by atoms with Gasteiger partial charge in [-0.15, -0.1) is 0 Å². The van der Waals surface area contributed by atoms with Crippen molar-refractivity contribution in [3.8, 4) is 0 Å². The number of nitrogens with zero attached hydrogens (tertiary/aromatic N) is 2. The van der Waals surface area contributed by atoms with E-state index in [-0.39, 0.29) is 35.7 Å². The van der Waals surface area contributed by atoms with Crippen LogP contribution in [0.3, 0.4) is 0 Å². The topological polar surface area (TPSA) is 96.0 Å². The lowest BCUT2D eigenvalue weighted by Crippen LogP contribution is -2.52. The highest BCUT2D eigenvalue weighted by Gasteiger charge is 2.35. The highest BCUT2D eigenvalue weighted by molar-refractivity contribution is 7.91. The van der Waals surface area contributed by atoms with Crippen LogP contribution < -0.4 is 5.32 Å². The predicted octanol–water partition coefficient (Wildman–Crippen LogP) is 0.826. The molecule has 1 N–H and O–H groups in total. The molecular formula is C15H27N3O5S. The average molecular weight is 361 g/mol. The van der Waals surface area contributed by atoms with Crippen molar-refractivity contribution in [1.82, 2.24) is 15.1 Å². The van der Waals surface area contributed by atoms with Crippen molar-refractivity contribution in [3.05, 3.63) is 0 Å². The molecule has 0 spiro atoms. The van der Waals surface area contributed by atoms with Crippen LogP contribution in [0.15, 0.2) is 0 Å². The minimum Gasteiger partial charge on any atom is -0.450 e. The van der Waals surface area contributed by atoms with Crippen LogP contribution in [-0.2, 0) is 14.6 Å². The number of likely N-dealkylation sites (tertiary alicyclic amines) is 1. The average Bonchev–Trinajstić information content (AvgIpc) is 2.88. The van der Waals surface area contributed by atoms with Crippen molar-refractivity contribution in [2.24, 2.45) is 0 Å². The second kappa shape index (κ2) is 8.04. The first-order valence-corrected chi connectivity index (χ1v) is 10.4. The number of rotatable bonds is 4. The Balaban J connectivity index is 1.83. The van der Waals surface area contributed by atoms with Crippen LogP contribution in [0.2, 0.25) is 0 Å². The summed E-state index contributed by atoms with van der Waals surface area (Å²) in [6.07, 6.45) is 1.54. The van der Waals surface area contributed by atoms with Crippen LogP contribution in [0.5, 0.6) is 0 Å². The molecule has 0 saturated carbocycles. The summed E-state index contributed by atoms with van der Waals surface area (Å²) in [7, 11) is -3.02. The van der Waals surface area contributed by atoms with E-state index in [1.165, 1.54) is 0 Å². The first kappa shape index (κ1) is 18.8. The number of urea groups is 1. The van der Waals surface area contributed by atoms with Crippen molar-refractivity contribution in [3.63, 3.8) is 0 Å². The molecule has 2 rings (SSSR count). The summed E-state index contributed by atoms with van der Waals surface area (Å²) < 4.78 is 28.2. The minimum atomic E-state index is -3.02. The summed E-state index contributed by atoms with van der Waals surface area (Å²) in [4.78, 5) is 27.4. The molecular weight excluding hydrogens is 334 g/mol. The maximum atomic E-state index is 12.5. The Morgan fingerprint density at radius 2 is 1.88 bits per heavy atom. The van der Waals surface area contributed by atoms with E-state index in [0.29, 0.717) is 45.5 Å². The quantitative estimate of drug-likeness (QED) is 0.800. The van der Waals surface area contributed by atoms with E-state index < -0.39 is 9.84 Å². The van der Waals surface area contributed by atoms with Crippen LogP contribution in [-0.4, -0.2) is 80.2 Å². The Kier molecular flexibility index (Phi) is 6.31. The van der Waals surface area contributed by atoms with E-state index in [2.05, 4.69) is 5.32 Å². The van der Waals surface area contributed by atoms with Crippen LogP contribution in [0.25, 0.3) is 0 Å². The number of carbonyl (C=O) groups excluding carboxylic acids is 2. The zero-order valence-electron chi connectivity index (χ0n) is 14.4. The number of piperidine rings is 1. The van der Waals surface area contributed by atoms with Crippen molar-refractivity contribution in [1.29, 1.82) is 0 Å². The smallest absolute Gasteiger partial charge is 0.409 e. The molecule has 2 fully saturated rings. The number of amides is 3. The number of carbonyl (C=O) groups is 2. The molecule has 2 heterocycles. The summed E-state index contributed by atoms with van der Waals surface area (Å²) in [6.45, 7) is 5.56. The molecule has 0 radical (unpaired) electrons. The Labute approximate surface area is 143 Å². The molecule has 2 saturated heterocycles. The summed E-state index contributed by atoms with van der Waals surface area (Å²) >= 11 is 0. The Morgan fingerprint density at radius 1 is 1.21 bits per heavy atom. The maximum absolute atomic E-state index is 12.5. The second-order valence-corrected chi connectivity index (χ2v) is 8.48. The molecule has 0 aromatic rings. The SMILES string of the molecule is CCOC(=O)N1CCC(NC(=O)N(CC)C2CCS(=O)(=O)C2)CC1. The first-order chi connectivity index (χ1) is 11.4. The highest BCUT2D eigenvalue weighted by Crippen LogP contribution is 2.18. The Hall–Kier alpha value is -1.51. The molecule has 0 aliphatic carbocycles. The van der Waals surface area contributed by atoms with Crippen LogP contribution in [0.1, 0.15) is 33.1 Å². The van der Waals surface area contributed by atoms with Gasteiger partial charge in [0.15, 0.2) is 9.84 Å². The van der Waals surface area contributed by atoms with Gasteiger partial charge in [0.1, 0.15) is 0 Å². The number of hydrogen-bond acceptors (Lipinski definition) is 5. The van der Waals surface area contributed by atoms with Crippen molar-refractivity contribution < 1.29 is 22.7 Å². The molecule has 0 bridgehead atoms. The molecule has 2 aliphatic rings. The van der Waals surface area contributed by atoms with Gasteiger partial charge in [0, 0.05) is 31.7 Å². The van der Waals surface area contributed by atoms with Crippen LogP contribution in [0, 0.1) is 0 Å². The van der Waals surface area contributed by atoms with Crippen LogP contribution >= 0.6 is 0 Å². The molecule has 138 valence electrons. The third-order valence-corrected chi connectivity index (χ3v) is 6.35. The molecule has 1 unspecified atom stereocenters. The van der Waals surface area contributed by atoms with Gasteiger partial charge in [0.25, 0.3) is 0 Å². The number of ether oxygens (including phenoxy) is 1. The molecule has 2 aliphatic heterocycles. The summed E-state index contributed by atoms with van der Waals surface area (Å²) in [6, 6.07) is -0.455. The van der Waals surface area contributed by atoms with E-state index in [1.807, 2.05) is 6.92 Å². The van der Waals surface area contributed by atoms with Gasteiger partial charge >= 0.3 is 12.1 Å².